The zero-order valence-electron chi connectivity index (χ0n) is 17.7. The SMILES string of the molecule is COc1cc2c(cc1NC(=O)N1CC3CC(C1)c1cccc(=O)n1C3)oc1ccccc12. The molecule has 2 bridgehead atoms. The fourth-order valence-electron chi connectivity index (χ4n) is 5.27. The van der Waals surface area contributed by atoms with Gasteiger partial charge in [-0.1, -0.05) is 24.3 Å². The summed E-state index contributed by atoms with van der Waals surface area (Å²) in [5.41, 5.74) is 3.14. The normalized spacial score (nSPS) is 19.7. The van der Waals surface area contributed by atoms with Crippen molar-refractivity contribution in [1.82, 2.24) is 9.47 Å². The second-order valence-corrected chi connectivity index (χ2v) is 8.68. The van der Waals surface area contributed by atoms with Gasteiger partial charge in [-0.3, -0.25) is 4.79 Å². The van der Waals surface area contributed by atoms with Crippen molar-refractivity contribution in [2.75, 3.05) is 25.5 Å². The van der Waals surface area contributed by atoms with Crippen LogP contribution in [-0.2, 0) is 6.54 Å². The molecule has 32 heavy (non-hydrogen) atoms. The fraction of sp³-hybridized carbons (Fsp3) is 0.280. The van der Waals surface area contributed by atoms with E-state index in [0.29, 0.717) is 36.7 Å². The molecule has 0 saturated carbocycles. The molecular weight excluding hydrogens is 406 g/mol. The molecule has 4 heterocycles. The highest BCUT2D eigenvalue weighted by Gasteiger charge is 2.36. The number of furan rings is 1. The molecule has 7 nitrogen and oxygen atoms in total. The fourth-order valence-corrected chi connectivity index (χ4v) is 5.27. The van der Waals surface area contributed by atoms with Crippen LogP contribution in [0.2, 0.25) is 0 Å². The number of hydrogen-bond acceptors (Lipinski definition) is 4. The molecule has 0 spiro atoms. The van der Waals surface area contributed by atoms with Crippen LogP contribution in [0.3, 0.4) is 0 Å². The molecule has 162 valence electrons. The Morgan fingerprint density at radius 3 is 2.78 bits per heavy atom. The zero-order valence-corrected chi connectivity index (χ0v) is 17.7. The van der Waals surface area contributed by atoms with Crippen molar-refractivity contribution >= 4 is 33.7 Å². The van der Waals surface area contributed by atoms with Crippen LogP contribution in [-0.4, -0.2) is 35.7 Å². The highest BCUT2D eigenvalue weighted by molar-refractivity contribution is 6.07. The quantitative estimate of drug-likeness (QED) is 0.512. The summed E-state index contributed by atoms with van der Waals surface area (Å²) in [6.07, 6.45) is 1.00. The Morgan fingerprint density at radius 1 is 1.03 bits per heavy atom. The predicted molar refractivity (Wildman–Crippen MR) is 122 cm³/mol. The maximum atomic E-state index is 13.2. The molecule has 2 unspecified atom stereocenters. The number of aromatic nitrogens is 1. The standard InChI is InChI=1S/C25H23N3O4/c1-31-23-10-18-17-5-2-3-7-21(17)32-22(18)11-19(23)26-25(30)27-12-15-9-16(14-27)20-6-4-8-24(29)28(20)13-15/h2-8,10-11,15-16H,9,12-14H2,1H3,(H,26,30). The number of methoxy groups -OCH3 is 1. The summed E-state index contributed by atoms with van der Waals surface area (Å²) in [5.74, 6) is 1.03. The summed E-state index contributed by atoms with van der Waals surface area (Å²) < 4.78 is 13.4. The molecule has 6 rings (SSSR count). The number of carbonyl (C=O) groups is 1. The van der Waals surface area contributed by atoms with Gasteiger partial charge in [0.25, 0.3) is 5.56 Å². The summed E-state index contributed by atoms with van der Waals surface area (Å²) in [5, 5.41) is 4.99. The minimum atomic E-state index is -0.166. The smallest absolute Gasteiger partial charge is 0.321 e. The lowest BCUT2D eigenvalue weighted by Gasteiger charge is -2.42. The topological polar surface area (TPSA) is 76.7 Å². The van der Waals surface area contributed by atoms with Crippen molar-refractivity contribution in [3.63, 3.8) is 0 Å². The van der Waals surface area contributed by atoms with Gasteiger partial charge in [0, 0.05) is 54.2 Å². The van der Waals surface area contributed by atoms with E-state index >= 15 is 0 Å². The third-order valence-electron chi connectivity index (χ3n) is 6.71. The van der Waals surface area contributed by atoms with Crippen molar-refractivity contribution in [2.24, 2.45) is 5.92 Å². The number of carbonyl (C=O) groups excluding carboxylic acids is 1. The first-order valence-corrected chi connectivity index (χ1v) is 10.9. The third-order valence-corrected chi connectivity index (χ3v) is 6.71. The van der Waals surface area contributed by atoms with E-state index in [-0.39, 0.29) is 23.4 Å². The van der Waals surface area contributed by atoms with Gasteiger partial charge >= 0.3 is 6.03 Å². The van der Waals surface area contributed by atoms with E-state index in [1.54, 1.807) is 19.2 Å². The largest absolute Gasteiger partial charge is 0.495 e. The second-order valence-electron chi connectivity index (χ2n) is 8.68. The minimum absolute atomic E-state index is 0.0407. The molecule has 1 N–H and O–H groups in total. The number of para-hydroxylation sites is 1. The van der Waals surface area contributed by atoms with E-state index in [1.165, 1.54) is 0 Å². The van der Waals surface area contributed by atoms with Crippen LogP contribution in [0.4, 0.5) is 10.5 Å². The summed E-state index contributed by atoms with van der Waals surface area (Å²) >= 11 is 0. The first kappa shape index (κ1) is 19.0. The molecule has 2 aromatic carbocycles. The number of hydrogen-bond donors (Lipinski definition) is 1. The number of nitrogens with zero attached hydrogens (tertiary/aromatic N) is 2. The van der Waals surface area contributed by atoms with Gasteiger partial charge in [0.05, 0.1) is 12.8 Å². The Morgan fingerprint density at radius 2 is 1.91 bits per heavy atom. The van der Waals surface area contributed by atoms with Crippen LogP contribution in [0.1, 0.15) is 18.0 Å². The van der Waals surface area contributed by atoms with Crippen molar-refractivity contribution in [3.8, 4) is 5.75 Å². The van der Waals surface area contributed by atoms with E-state index in [2.05, 4.69) is 5.32 Å². The molecule has 0 aliphatic carbocycles. The number of anilines is 1. The molecule has 7 heteroatoms. The molecule has 0 radical (unpaired) electrons. The molecular formula is C25H23N3O4. The van der Waals surface area contributed by atoms with Gasteiger partial charge in [0.2, 0.25) is 0 Å². The van der Waals surface area contributed by atoms with Gasteiger partial charge in [-0.25, -0.2) is 4.79 Å². The third kappa shape index (κ3) is 2.96. The van der Waals surface area contributed by atoms with Crippen LogP contribution in [0.5, 0.6) is 5.75 Å². The van der Waals surface area contributed by atoms with E-state index in [4.69, 9.17) is 9.15 Å². The lowest BCUT2D eigenvalue weighted by molar-refractivity contribution is 0.139. The summed E-state index contributed by atoms with van der Waals surface area (Å²) in [6.45, 7) is 1.86. The number of amides is 2. The molecule has 2 aliphatic heterocycles. The van der Waals surface area contributed by atoms with E-state index in [0.717, 1.165) is 28.5 Å². The molecule has 4 aromatic rings. The number of pyridine rings is 1. The Hall–Kier alpha value is -3.74. The first-order valence-electron chi connectivity index (χ1n) is 10.9. The van der Waals surface area contributed by atoms with E-state index in [1.807, 2.05) is 51.9 Å². The molecule has 2 aromatic heterocycles. The van der Waals surface area contributed by atoms with Gasteiger partial charge < -0.3 is 23.9 Å². The number of ether oxygens (including phenoxy) is 1. The van der Waals surface area contributed by atoms with Crippen LogP contribution >= 0.6 is 0 Å². The monoisotopic (exact) mass is 429 g/mol. The highest BCUT2D eigenvalue weighted by Crippen LogP contribution is 2.38. The molecule has 2 amide bonds. The number of urea groups is 1. The Labute approximate surface area is 184 Å². The Bertz CT molecular complexity index is 1420. The van der Waals surface area contributed by atoms with Gasteiger partial charge in [-0.05, 0) is 30.5 Å². The Kier molecular flexibility index (Phi) is 4.24. The van der Waals surface area contributed by atoms with E-state index in [9.17, 15) is 9.59 Å². The van der Waals surface area contributed by atoms with Crippen LogP contribution in [0.15, 0.2) is 63.8 Å². The lowest BCUT2D eigenvalue weighted by Crippen LogP contribution is -2.50. The summed E-state index contributed by atoms with van der Waals surface area (Å²) in [4.78, 5) is 27.3. The van der Waals surface area contributed by atoms with Crippen LogP contribution < -0.4 is 15.6 Å². The average Bonchev–Trinajstić information content (AvgIpc) is 3.16. The van der Waals surface area contributed by atoms with E-state index < -0.39 is 0 Å². The molecule has 1 saturated heterocycles. The minimum Gasteiger partial charge on any atom is -0.495 e. The van der Waals surface area contributed by atoms with Crippen LogP contribution in [0, 0.1) is 5.92 Å². The van der Waals surface area contributed by atoms with Crippen molar-refractivity contribution in [1.29, 1.82) is 0 Å². The van der Waals surface area contributed by atoms with Gasteiger partial charge in [0.15, 0.2) is 0 Å². The molecule has 2 aliphatic rings. The number of likely N-dealkylation sites (tertiary alicyclic amines) is 1. The van der Waals surface area contributed by atoms with Crippen molar-refractivity contribution < 1.29 is 13.9 Å². The number of nitrogens with one attached hydrogen (secondary N) is 1. The van der Waals surface area contributed by atoms with Crippen molar-refractivity contribution in [2.45, 2.75) is 18.9 Å². The summed E-state index contributed by atoms with van der Waals surface area (Å²) in [7, 11) is 1.60. The zero-order chi connectivity index (χ0) is 21.8. The maximum absolute atomic E-state index is 13.2. The number of rotatable bonds is 2. The Balaban J connectivity index is 1.29. The van der Waals surface area contributed by atoms with Gasteiger partial charge in [0.1, 0.15) is 16.9 Å². The second kappa shape index (κ2) is 7.15. The maximum Gasteiger partial charge on any atom is 0.321 e. The van der Waals surface area contributed by atoms with Crippen molar-refractivity contribution in [3.05, 3.63) is 70.6 Å². The van der Waals surface area contributed by atoms with Crippen LogP contribution in [0.25, 0.3) is 21.9 Å². The predicted octanol–water partition coefficient (Wildman–Crippen LogP) is 4.41. The summed E-state index contributed by atoms with van der Waals surface area (Å²) in [6, 6.07) is 16.8. The van der Waals surface area contributed by atoms with Gasteiger partial charge in [-0.15, -0.1) is 0 Å². The lowest BCUT2D eigenvalue weighted by atomic mass is 9.83. The first-order chi connectivity index (χ1) is 15.6. The number of fused-ring (bicyclic) bond motifs is 7. The number of benzene rings is 2. The molecule has 1 fully saturated rings. The average molecular weight is 429 g/mol. The highest BCUT2D eigenvalue weighted by atomic mass is 16.5. The molecule has 2 atom stereocenters. The number of piperidine rings is 1. The van der Waals surface area contributed by atoms with Gasteiger partial charge in [-0.2, -0.15) is 0 Å².